The number of nitrogens with zero attached hydrogens (tertiary/aromatic N) is 2. The van der Waals surface area contributed by atoms with E-state index in [-0.39, 0.29) is 0 Å². The molecule has 2 aliphatic rings. The minimum atomic E-state index is 0.660. The van der Waals surface area contributed by atoms with Crippen LogP contribution in [0.4, 0.5) is 0 Å². The molecular formula is C13H21N3. The van der Waals surface area contributed by atoms with Crippen molar-refractivity contribution in [3.63, 3.8) is 0 Å². The van der Waals surface area contributed by atoms with Crippen molar-refractivity contribution in [3.05, 3.63) is 18.2 Å². The summed E-state index contributed by atoms with van der Waals surface area (Å²) in [5.41, 5.74) is 1.47. The normalized spacial score (nSPS) is 24.6. The molecule has 0 aromatic carbocycles. The quantitative estimate of drug-likeness (QED) is 0.845. The van der Waals surface area contributed by atoms with Crippen LogP contribution in [0.5, 0.6) is 0 Å². The molecule has 1 atom stereocenters. The maximum Gasteiger partial charge on any atom is 0.0950 e. The predicted molar refractivity (Wildman–Crippen MR) is 64.5 cm³/mol. The van der Waals surface area contributed by atoms with Crippen LogP contribution in [0, 0.1) is 5.92 Å². The van der Waals surface area contributed by atoms with E-state index in [1.165, 1.54) is 31.4 Å². The van der Waals surface area contributed by atoms with Crippen molar-refractivity contribution in [2.24, 2.45) is 5.92 Å². The highest BCUT2D eigenvalue weighted by Crippen LogP contribution is 2.41. The highest BCUT2D eigenvalue weighted by atomic mass is 15.1. The van der Waals surface area contributed by atoms with Crippen molar-refractivity contribution >= 4 is 0 Å². The molecule has 1 saturated heterocycles. The summed E-state index contributed by atoms with van der Waals surface area (Å²) in [6, 6.07) is 0.660. The van der Waals surface area contributed by atoms with Gasteiger partial charge >= 0.3 is 0 Å². The Hall–Kier alpha value is -0.830. The number of hydrogen-bond donors (Lipinski definition) is 1. The zero-order chi connectivity index (χ0) is 11.0. The zero-order valence-corrected chi connectivity index (χ0v) is 10.0. The lowest BCUT2D eigenvalue weighted by atomic mass is 9.94. The van der Waals surface area contributed by atoms with Gasteiger partial charge in [-0.1, -0.05) is 0 Å². The van der Waals surface area contributed by atoms with Crippen LogP contribution in [0.1, 0.15) is 50.3 Å². The summed E-state index contributed by atoms with van der Waals surface area (Å²) in [7, 11) is 0. The number of aromatic nitrogens is 2. The summed E-state index contributed by atoms with van der Waals surface area (Å²) < 4.78 is 2.44. The maximum absolute atomic E-state index is 4.37. The van der Waals surface area contributed by atoms with Crippen molar-refractivity contribution in [1.29, 1.82) is 0 Å². The van der Waals surface area contributed by atoms with Gasteiger partial charge in [-0.25, -0.2) is 4.98 Å². The Kier molecular flexibility index (Phi) is 2.72. The lowest BCUT2D eigenvalue weighted by Gasteiger charge is -2.26. The number of hydrogen-bond acceptors (Lipinski definition) is 2. The van der Waals surface area contributed by atoms with E-state index in [9.17, 15) is 0 Å². The SMILES string of the molecule is CC(C1CC1)n1cncc1C1CCNCC1. The monoisotopic (exact) mass is 219 g/mol. The summed E-state index contributed by atoms with van der Waals surface area (Å²) in [4.78, 5) is 4.37. The molecule has 2 fully saturated rings. The van der Waals surface area contributed by atoms with Crippen LogP contribution in [0.2, 0.25) is 0 Å². The van der Waals surface area contributed by atoms with E-state index in [0.717, 1.165) is 24.9 Å². The zero-order valence-electron chi connectivity index (χ0n) is 10.0. The second kappa shape index (κ2) is 4.21. The first-order valence-corrected chi connectivity index (χ1v) is 6.58. The first-order valence-electron chi connectivity index (χ1n) is 6.58. The van der Waals surface area contributed by atoms with Gasteiger partial charge in [0.15, 0.2) is 0 Å². The topological polar surface area (TPSA) is 29.9 Å². The molecule has 88 valence electrons. The smallest absolute Gasteiger partial charge is 0.0950 e. The molecule has 0 amide bonds. The first-order chi connectivity index (χ1) is 7.86. The summed E-state index contributed by atoms with van der Waals surface area (Å²) in [5, 5.41) is 3.43. The molecule has 1 aliphatic heterocycles. The van der Waals surface area contributed by atoms with Crippen LogP contribution in [0.15, 0.2) is 12.5 Å². The first kappa shape index (κ1) is 10.3. The van der Waals surface area contributed by atoms with Crippen molar-refractivity contribution in [3.8, 4) is 0 Å². The largest absolute Gasteiger partial charge is 0.331 e. The van der Waals surface area contributed by atoms with Crippen molar-refractivity contribution in [2.75, 3.05) is 13.1 Å². The fourth-order valence-corrected chi connectivity index (χ4v) is 2.89. The van der Waals surface area contributed by atoms with Gasteiger partial charge in [0.2, 0.25) is 0 Å². The van der Waals surface area contributed by atoms with Crippen LogP contribution >= 0.6 is 0 Å². The Balaban J connectivity index is 1.80. The molecule has 16 heavy (non-hydrogen) atoms. The molecule has 0 bridgehead atoms. The fourth-order valence-electron chi connectivity index (χ4n) is 2.89. The van der Waals surface area contributed by atoms with E-state index in [0.29, 0.717) is 6.04 Å². The highest BCUT2D eigenvalue weighted by molar-refractivity contribution is 5.10. The summed E-state index contributed by atoms with van der Waals surface area (Å²) in [6.07, 6.45) is 9.48. The number of rotatable bonds is 3. The van der Waals surface area contributed by atoms with E-state index in [1.807, 2.05) is 6.33 Å². The summed E-state index contributed by atoms with van der Waals surface area (Å²) in [5.74, 6) is 1.64. The van der Waals surface area contributed by atoms with Gasteiger partial charge < -0.3 is 9.88 Å². The number of piperidine rings is 1. The van der Waals surface area contributed by atoms with Gasteiger partial charge in [-0.3, -0.25) is 0 Å². The third kappa shape index (κ3) is 1.88. The molecule has 1 aliphatic carbocycles. The molecule has 1 unspecified atom stereocenters. The van der Waals surface area contributed by atoms with Gasteiger partial charge in [-0.15, -0.1) is 0 Å². The average molecular weight is 219 g/mol. The lowest BCUT2D eigenvalue weighted by Crippen LogP contribution is -2.28. The van der Waals surface area contributed by atoms with Gasteiger partial charge in [-0.05, 0) is 51.6 Å². The minimum absolute atomic E-state index is 0.660. The van der Waals surface area contributed by atoms with E-state index >= 15 is 0 Å². The number of imidazole rings is 1. The van der Waals surface area contributed by atoms with E-state index in [2.05, 4.69) is 28.0 Å². The van der Waals surface area contributed by atoms with Gasteiger partial charge in [0.25, 0.3) is 0 Å². The van der Waals surface area contributed by atoms with Crippen LogP contribution in [-0.4, -0.2) is 22.6 Å². The van der Waals surface area contributed by atoms with Crippen LogP contribution in [-0.2, 0) is 0 Å². The van der Waals surface area contributed by atoms with Crippen molar-refractivity contribution in [2.45, 2.75) is 44.6 Å². The Morgan fingerprint density at radius 3 is 2.75 bits per heavy atom. The Morgan fingerprint density at radius 1 is 1.31 bits per heavy atom. The Labute approximate surface area is 97.3 Å². The third-order valence-electron chi connectivity index (χ3n) is 4.20. The molecule has 3 rings (SSSR count). The van der Waals surface area contributed by atoms with Crippen LogP contribution in [0.3, 0.4) is 0 Å². The molecule has 0 radical (unpaired) electrons. The molecule has 1 aromatic rings. The molecule has 1 saturated carbocycles. The average Bonchev–Trinajstić information content (AvgIpc) is 3.06. The molecular weight excluding hydrogens is 198 g/mol. The predicted octanol–water partition coefficient (Wildman–Crippen LogP) is 2.32. The molecule has 1 aromatic heterocycles. The minimum Gasteiger partial charge on any atom is -0.331 e. The second-order valence-corrected chi connectivity index (χ2v) is 5.33. The summed E-state index contributed by atoms with van der Waals surface area (Å²) >= 11 is 0. The van der Waals surface area contributed by atoms with Crippen LogP contribution < -0.4 is 5.32 Å². The Morgan fingerprint density at radius 2 is 2.06 bits per heavy atom. The van der Waals surface area contributed by atoms with E-state index in [4.69, 9.17) is 0 Å². The van der Waals surface area contributed by atoms with E-state index < -0.39 is 0 Å². The third-order valence-corrected chi connectivity index (χ3v) is 4.20. The van der Waals surface area contributed by atoms with E-state index in [1.54, 1.807) is 0 Å². The molecule has 1 N–H and O–H groups in total. The standard InChI is InChI=1S/C13H21N3/c1-10(11-2-3-11)16-9-15-8-13(16)12-4-6-14-7-5-12/h8-12,14H,2-7H2,1H3. The highest BCUT2D eigenvalue weighted by Gasteiger charge is 2.31. The Bertz CT molecular complexity index is 348. The van der Waals surface area contributed by atoms with Gasteiger partial charge in [0, 0.05) is 23.9 Å². The summed E-state index contributed by atoms with van der Waals surface area (Å²) in [6.45, 7) is 4.67. The molecule has 2 heterocycles. The van der Waals surface area contributed by atoms with Crippen molar-refractivity contribution < 1.29 is 0 Å². The van der Waals surface area contributed by atoms with Gasteiger partial charge in [0.1, 0.15) is 0 Å². The van der Waals surface area contributed by atoms with Crippen LogP contribution in [0.25, 0.3) is 0 Å². The van der Waals surface area contributed by atoms with Crippen molar-refractivity contribution in [1.82, 2.24) is 14.9 Å². The lowest BCUT2D eigenvalue weighted by molar-refractivity contribution is 0.407. The molecule has 0 spiro atoms. The van der Waals surface area contributed by atoms with Gasteiger partial charge in [-0.2, -0.15) is 0 Å². The maximum atomic E-state index is 4.37. The fraction of sp³-hybridized carbons (Fsp3) is 0.769. The molecule has 3 nitrogen and oxygen atoms in total. The number of nitrogens with one attached hydrogen (secondary N) is 1. The van der Waals surface area contributed by atoms with Gasteiger partial charge in [0.05, 0.1) is 6.33 Å². The molecule has 3 heteroatoms. The second-order valence-electron chi connectivity index (χ2n) is 5.33.